The fourth-order valence-electron chi connectivity index (χ4n) is 4.99. The van der Waals surface area contributed by atoms with E-state index in [4.69, 9.17) is 31.0 Å². The van der Waals surface area contributed by atoms with Gasteiger partial charge in [0.15, 0.2) is 4.99 Å². The van der Waals surface area contributed by atoms with Crippen LogP contribution in [-0.4, -0.2) is 58.1 Å². The summed E-state index contributed by atoms with van der Waals surface area (Å²) in [5.41, 5.74) is -0.680. The number of nitrogens with one attached hydrogen (secondary N) is 2. The van der Waals surface area contributed by atoms with Gasteiger partial charge in [0, 0.05) is 43.7 Å². The van der Waals surface area contributed by atoms with Gasteiger partial charge in [-0.3, -0.25) is 23.4 Å². The molecule has 2 unspecified atom stereocenters. The van der Waals surface area contributed by atoms with Crippen molar-refractivity contribution in [3.63, 3.8) is 0 Å². The molecular weight excluding hydrogens is 830 g/mol. The molecule has 0 saturated carbocycles. The lowest BCUT2D eigenvalue weighted by Crippen LogP contribution is -2.35. The number of carbonyl (C=O) groups is 1. The molecular formula is C47H36N3O10PS. The molecule has 5 atom stereocenters. The summed E-state index contributed by atoms with van der Waals surface area (Å²) in [6.07, 6.45) is 2.86. The first-order chi connectivity index (χ1) is 30.1. The number of hydrogen-bond donors (Lipinski definition) is 3. The summed E-state index contributed by atoms with van der Waals surface area (Å²) in [5, 5.41) is 3.04. The zero-order chi connectivity index (χ0) is 44.7. The van der Waals surface area contributed by atoms with Crippen molar-refractivity contribution in [2.45, 2.75) is 57.6 Å². The number of rotatable bonds is 15. The fraction of sp³-hybridized carbons (Fsp3) is 0.277. The number of phosphoric acid groups is 1. The summed E-state index contributed by atoms with van der Waals surface area (Å²) in [5.74, 6) is 50.1. The molecule has 3 rings (SSSR count). The summed E-state index contributed by atoms with van der Waals surface area (Å²) in [7, 11) is -3.61. The fourth-order valence-corrected chi connectivity index (χ4v) is 5.82. The van der Waals surface area contributed by atoms with Crippen LogP contribution >= 0.6 is 20.0 Å². The Hall–Kier alpha value is -7.53. The number of aromatic amines is 1. The van der Waals surface area contributed by atoms with E-state index < -0.39 is 56.2 Å². The first kappa shape index (κ1) is 48.8. The second-order valence-electron chi connectivity index (χ2n) is 11.9. The number of phosphoric ester groups is 1. The average Bonchev–Trinajstić information content (AvgIpc) is 3.59. The highest BCUT2D eigenvalue weighted by molar-refractivity contribution is 7.80. The van der Waals surface area contributed by atoms with Crippen molar-refractivity contribution in [2.24, 2.45) is 5.92 Å². The monoisotopic (exact) mass is 865 g/mol. The van der Waals surface area contributed by atoms with Crippen LogP contribution in [0.5, 0.6) is 0 Å². The lowest BCUT2D eigenvalue weighted by Gasteiger charge is -2.25. The molecule has 3 N–H and O–H groups in total. The zero-order valence-corrected chi connectivity index (χ0v) is 35.1. The number of nitrogens with zero attached hydrogens (tertiary/aromatic N) is 1. The maximum absolute atomic E-state index is 12.8. The molecule has 0 amide bonds. The Kier molecular flexibility index (Phi) is 22.7. The molecule has 1 aromatic carbocycles. The second kappa shape index (κ2) is 28.8. The quantitative estimate of drug-likeness (QED) is 0.0596. The average molecular weight is 866 g/mol. The molecule has 1 saturated heterocycles. The topological polar surface area (TPSA) is 167 Å². The Labute approximate surface area is 365 Å². The minimum absolute atomic E-state index is 0.0524. The predicted molar refractivity (Wildman–Crippen MR) is 235 cm³/mol. The third kappa shape index (κ3) is 20.0. The van der Waals surface area contributed by atoms with Crippen molar-refractivity contribution in [3.8, 4) is 118 Å². The van der Waals surface area contributed by atoms with Crippen LogP contribution in [0, 0.1) is 124 Å². The van der Waals surface area contributed by atoms with Crippen LogP contribution in [0.2, 0.25) is 0 Å². The molecule has 1 fully saturated rings. The standard InChI is InChI=1S/C47H36N3O10PS/c1-3-4-5-6-7-8-9-10-11-12-13-14-15-16-17-18-19-22-28-33-43(62)48-35-29-23-20-21-27-32-40-44(60-61(54,55)56-2)41(59-45(40)50-36-34-42(51)49-46(50)52)38-58-47(53)57-37-39-30-25-24-26-31-39/h21,24-27,30-31,34,36,40-41,44-45H,20,23,29,32,35,37-38H2,1-2H3,(H,48,62)(H,54,55)(H,49,51,52)/b27-21+/t40-,41+,44?,45+/m0/s1. The number of carbonyl (C=O) groups excluding carboxylic acids is 1. The Morgan fingerprint density at radius 3 is 2.05 bits per heavy atom. The molecule has 2 heterocycles. The van der Waals surface area contributed by atoms with Gasteiger partial charge in [-0.1, -0.05) is 60.6 Å². The van der Waals surface area contributed by atoms with Gasteiger partial charge < -0.3 is 24.4 Å². The van der Waals surface area contributed by atoms with E-state index in [1.165, 1.54) is 6.20 Å². The van der Waals surface area contributed by atoms with Gasteiger partial charge in [0.25, 0.3) is 5.56 Å². The van der Waals surface area contributed by atoms with E-state index in [0.717, 1.165) is 36.1 Å². The normalized spacial score (nSPS) is 15.9. The van der Waals surface area contributed by atoms with Gasteiger partial charge in [0.05, 0.1) is 0 Å². The third-order valence-electron chi connectivity index (χ3n) is 7.67. The Bertz CT molecular complexity index is 2790. The van der Waals surface area contributed by atoms with E-state index in [-0.39, 0.29) is 13.0 Å². The van der Waals surface area contributed by atoms with Crippen molar-refractivity contribution in [3.05, 3.63) is 81.1 Å². The Morgan fingerprint density at radius 2 is 1.47 bits per heavy atom. The SMILES string of the molecule is CC#CC#CC#CC#CC#CC#CC#CC#CC#CC#CC(=S)NCCCC/C=C/C[C@H]1C(OP(=O)(O)OC)[C@@H](COC(=O)OCc2ccccc2)O[C@H]1n1ccc(=O)[nH]c1=O. The van der Waals surface area contributed by atoms with Crippen LogP contribution < -0.4 is 16.6 Å². The molecule has 0 spiro atoms. The van der Waals surface area contributed by atoms with E-state index >= 15 is 0 Å². The van der Waals surface area contributed by atoms with Gasteiger partial charge in [-0.15, -0.1) is 0 Å². The minimum atomic E-state index is -4.61. The van der Waals surface area contributed by atoms with Crippen LogP contribution in [0.1, 0.15) is 44.4 Å². The molecule has 0 bridgehead atoms. The molecule has 15 heteroatoms. The molecule has 0 aliphatic carbocycles. The van der Waals surface area contributed by atoms with Crippen LogP contribution in [-0.2, 0) is 34.4 Å². The molecule has 0 radical (unpaired) electrons. The van der Waals surface area contributed by atoms with Crippen LogP contribution in [0.3, 0.4) is 0 Å². The molecule has 2 aromatic rings. The summed E-state index contributed by atoms with van der Waals surface area (Å²) < 4.78 is 40.5. The Morgan fingerprint density at radius 1 is 0.871 bits per heavy atom. The van der Waals surface area contributed by atoms with Crippen molar-refractivity contribution >= 4 is 31.2 Å². The number of hydrogen-bond acceptors (Lipinski definition) is 10. The van der Waals surface area contributed by atoms with Gasteiger partial charge in [-0.25, -0.2) is 14.2 Å². The lowest BCUT2D eigenvalue weighted by molar-refractivity contribution is -0.0605. The van der Waals surface area contributed by atoms with Crippen molar-refractivity contribution in [1.29, 1.82) is 0 Å². The number of ether oxygens (including phenoxy) is 3. The molecule has 62 heavy (non-hydrogen) atoms. The van der Waals surface area contributed by atoms with E-state index in [0.29, 0.717) is 18.0 Å². The van der Waals surface area contributed by atoms with Crippen LogP contribution in [0.4, 0.5) is 4.79 Å². The lowest BCUT2D eigenvalue weighted by atomic mass is 9.95. The number of thiocarbonyl (C=S) groups is 1. The largest absolute Gasteiger partial charge is 0.508 e. The van der Waals surface area contributed by atoms with Gasteiger partial charge in [-0.05, 0) is 139 Å². The molecule has 1 aliphatic rings. The number of unbranched alkanes of at least 4 members (excludes halogenated alkanes) is 2. The van der Waals surface area contributed by atoms with Gasteiger partial charge in [-0.2, -0.15) is 0 Å². The smallest absolute Gasteiger partial charge is 0.431 e. The van der Waals surface area contributed by atoms with Crippen LogP contribution in [0.25, 0.3) is 0 Å². The summed E-state index contributed by atoms with van der Waals surface area (Å²) in [6.45, 7) is 1.73. The zero-order valence-electron chi connectivity index (χ0n) is 33.4. The third-order valence-corrected chi connectivity index (χ3v) is 8.88. The highest BCUT2D eigenvalue weighted by Gasteiger charge is 2.49. The minimum Gasteiger partial charge on any atom is -0.431 e. The summed E-state index contributed by atoms with van der Waals surface area (Å²) in [6, 6.07) is 10.1. The van der Waals surface area contributed by atoms with Gasteiger partial charge in [0.2, 0.25) is 0 Å². The summed E-state index contributed by atoms with van der Waals surface area (Å²) >= 11 is 5.23. The Balaban J connectivity index is 1.50. The van der Waals surface area contributed by atoms with E-state index in [1.807, 2.05) is 18.2 Å². The maximum atomic E-state index is 12.8. The molecule has 1 aromatic heterocycles. The van der Waals surface area contributed by atoms with Crippen molar-refractivity contribution in [1.82, 2.24) is 14.9 Å². The van der Waals surface area contributed by atoms with E-state index in [1.54, 1.807) is 31.2 Å². The first-order valence-electron chi connectivity index (χ1n) is 18.4. The molecule has 310 valence electrons. The van der Waals surface area contributed by atoms with Crippen molar-refractivity contribution < 1.29 is 37.5 Å². The van der Waals surface area contributed by atoms with E-state index in [2.05, 4.69) is 133 Å². The maximum Gasteiger partial charge on any atom is 0.508 e. The summed E-state index contributed by atoms with van der Waals surface area (Å²) in [4.78, 5) is 49.9. The predicted octanol–water partition coefficient (Wildman–Crippen LogP) is 3.62. The van der Waals surface area contributed by atoms with Gasteiger partial charge in [0.1, 0.15) is 31.6 Å². The van der Waals surface area contributed by atoms with Gasteiger partial charge >= 0.3 is 19.7 Å². The molecule has 1 aliphatic heterocycles. The number of allylic oxidation sites excluding steroid dienone is 2. The van der Waals surface area contributed by atoms with Crippen molar-refractivity contribution in [2.75, 3.05) is 20.3 Å². The molecule has 13 nitrogen and oxygen atoms in total. The number of H-pyrrole nitrogens is 1. The second-order valence-corrected chi connectivity index (χ2v) is 13.8. The van der Waals surface area contributed by atoms with E-state index in [9.17, 15) is 23.8 Å². The number of aromatic nitrogens is 2. The number of benzene rings is 1. The van der Waals surface area contributed by atoms with Crippen LogP contribution in [0.15, 0.2) is 64.3 Å². The highest BCUT2D eigenvalue weighted by Crippen LogP contribution is 2.50. The highest BCUT2D eigenvalue weighted by atomic mass is 32.1. The first-order valence-corrected chi connectivity index (χ1v) is 20.3.